The summed E-state index contributed by atoms with van der Waals surface area (Å²) in [6.45, 7) is 2.74. The first-order valence-electron chi connectivity index (χ1n) is 8.06. The Morgan fingerprint density at radius 3 is 2.80 bits per heavy atom. The van der Waals surface area contributed by atoms with E-state index in [1.54, 1.807) is 0 Å². The Bertz CT molecular complexity index is 431. The summed E-state index contributed by atoms with van der Waals surface area (Å²) in [4.78, 5) is 0. The number of aromatic nitrogens is 2. The van der Waals surface area contributed by atoms with E-state index in [4.69, 9.17) is 4.74 Å². The van der Waals surface area contributed by atoms with Crippen LogP contribution in [0.2, 0.25) is 0 Å². The molecule has 1 aromatic rings. The summed E-state index contributed by atoms with van der Waals surface area (Å²) in [5.74, 6) is 0. The third-order valence-electron chi connectivity index (χ3n) is 4.74. The molecule has 112 valence electrons. The molecule has 2 aliphatic rings. The predicted octanol–water partition coefficient (Wildman–Crippen LogP) is 2.86. The van der Waals surface area contributed by atoms with E-state index >= 15 is 0 Å². The van der Waals surface area contributed by atoms with E-state index in [1.165, 1.54) is 32.1 Å². The lowest BCUT2D eigenvalue weighted by atomic mass is 9.74. The normalized spacial score (nSPS) is 31.2. The topological polar surface area (TPSA) is 47.3 Å². The van der Waals surface area contributed by atoms with Gasteiger partial charge in [0, 0.05) is 32.1 Å². The Kier molecular flexibility index (Phi) is 4.13. The van der Waals surface area contributed by atoms with Crippen molar-refractivity contribution in [1.82, 2.24) is 9.78 Å². The fourth-order valence-corrected chi connectivity index (χ4v) is 3.64. The van der Waals surface area contributed by atoms with Gasteiger partial charge in [-0.3, -0.25) is 4.68 Å². The van der Waals surface area contributed by atoms with E-state index in [-0.39, 0.29) is 6.10 Å². The molecule has 1 heterocycles. The largest absolute Gasteiger partial charge is 0.389 e. The molecule has 0 spiro atoms. The average molecular weight is 278 g/mol. The fourth-order valence-electron chi connectivity index (χ4n) is 3.64. The predicted molar refractivity (Wildman–Crippen MR) is 77.7 cm³/mol. The first-order chi connectivity index (χ1) is 9.68. The van der Waals surface area contributed by atoms with Crippen LogP contribution in [0.15, 0.2) is 12.3 Å². The third kappa shape index (κ3) is 3.07. The molecule has 0 radical (unpaired) electrons. The summed E-state index contributed by atoms with van der Waals surface area (Å²) in [5.41, 5.74) is 0.430. The highest BCUT2D eigenvalue weighted by Gasteiger charge is 2.43. The highest BCUT2D eigenvalue weighted by molar-refractivity contribution is 5.09. The Labute approximate surface area is 121 Å². The monoisotopic (exact) mass is 278 g/mol. The van der Waals surface area contributed by atoms with Crippen LogP contribution in [0.5, 0.6) is 0 Å². The van der Waals surface area contributed by atoms with E-state index in [0.717, 1.165) is 25.1 Å². The van der Waals surface area contributed by atoms with Crippen molar-refractivity contribution in [2.24, 2.45) is 0 Å². The van der Waals surface area contributed by atoms with Crippen LogP contribution in [-0.2, 0) is 11.2 Å². The summed E-state index contributed by atoms with van der Waals surface area (Å²) in [5, 5.41) is 15.1. The summed E-state index contributed by atoms with van der Waals surface area (Å²) in [7, 11) is 0. The van der Waals surface area contributed by atoms with E-state index in [9.17, 15) is 5.11 Å². The van der Waals surface area contributed by atoms with Gasteiger partial charge in [0.25, 0.3) is 0 Å². The fraction of sp³-hybridized carbons (Fsp3) is 0.812. The van der Waals surface area contributed by atoms with E-state index in [0.29, 0.717) is 12.5 Å². The van der Waals surface area contributed by atoms with Gasteiger partial charge in [-0.1, -0.05) is 19.3 Å². The molecule has 1 N–H and O–H groups in total. The van der Waals surface area contributed by atoms with Crippen LogP contribution in [0, 0.1) is 0 Å². The van der Waals surface area contributed by atoms with Crippen molar-refractivity contribution >= 4 is 0 Å². The van der Waals surface area contributed by atoms with Crippen LogP contribution in [0.3, 0.4) is 0 Å². The van der Waals surface area contributed by atoms with Gasteiger partial charge in [0.1, 0.15) is 0 Å². The highest BCUT2D eigenvalue weighted by atomic mass is 16.5. The van der Waals surface area contributed by atoms with Gasteiger partial charge < -0.3 is 9.84 Å². The molecular weight excluding hydrogens is 252 g/mol. The van der Waals surface area contributed by atoms with Crippen molar-refractivity contribution in [3.05, 3.63) is 18.0 Å². The molecule has 2 fully saturated rings. The maximum absolute atomic E-state index is 10.5. The Balaban J connectivity index is 1.55. The van der Waals surface area contributed by atoms with Gasteiger partial charge in [-0.2, -0.15) is 5.10 Å². The van der Waals surface area contributed by atoms with Crippen LogP contribution < -0.4 is 0 Å². The second kappa shape index (κ2) is 5.86. The zero-order valence-electron chi connectivity index (χ0n) is 12.4. The van der Waals surface area contributed by atoms with E-state index in [1.807, 2.05) is 6.92 Å². The lowest BCUT2D eigenvalue weighted by molar-refractivity contribution is -0.136. The molecule has 2 aliphatic carbocycles. The van der Waals surface area contributed by atoms with Crippen LogP contribution in [-0.4, -0.2) is 33.2 Å². The summed E-state index contributed by atoms with van der Waals surface area (Å²) >= 11 is 0. The quantitative estimate of drug-likeness (QED) is 0.901. The molecule has 0 bridgehead atoms. The number of ether oxygens (including phenoxy) is 1. The molecule has 0 aromatic carbocycles. The molecule has 20 heavy (non-hydrogen) atoms. The molecule has 4 nitrogen and oxygen atoms in total. The number of rotatable bonds is 5. The van der Waals surface area contributed by atoms with Crippen LogP contribution in [0.1, 0.15) is 63.6 Å². The second-order valence-electron chi connectivity index (χ2n) is 6.47. The first kappa shape index (κ1) is 14.1. The second-order valence-corrected chi connectivity index (χ2v) is 6.47. The SMILES string of the molecule is CCOC1CC(O)(Cc2ccn(C3CCCCC3)n2)C1. The molecule has 3 rings (SSSR count). The average Bonchev–Trinajstić information content (AvgIpc) is 2.87. The van der Waals surface area contributed by atoms with Crippen molar-refractivity contribution in [2.75, 3.05) is 6.61 Å². The number of hydrogen-bond acceptors (Lipinski definition) is 3. The van der Waals surface area contributed by atoms with Crippen LogP contribution in [0.4, 0.5) is 0 Å². The number of aliphatic hydroxyl groups is 1. The van der Waals surface area contributed by atoms with Crippen LogP contribution in [0.25, 0.3) is 0 Å². The maximum atomic E-state index is 10.5. The smallest absolute Gasteiger partial charge is 0.0753 e. The molecule has 0 aliphatic heterocycles. The van der Waals surface area contributed by atoms with Gasteiger partial charge in [0.15, 0.2) is 0 Å². The van der Waals surface area contributed by atoms with Crippen LogP contribution >= 0.6 is 0 Å². The minimum atomic E-state index is -0.592. The molecule has 0 saturated heterocycles. The van der Waals surface area contributed by atoms with Crippen molar-refractivity contribution in [2.45, 2.75) is 76.0 Å². The van der Waals surface area contributed by atoms with Gasteiger partial charge in [-0.05, 0) is 25.8 Å². The van der Waals surface area contributed by atoms with Gasteiger partial charge in [-0.15, -0.1) is 0 Å². The van der Waals surface area contributed by atoms with Gasteiger partial charge in [-0.25, -0.2) is 0 Å². The molecule has 0 unspecified atom stereocenters. The Morgan fingerprint density at radius 2 is 2.10 bits per heavy atom. The van der Waals surface area contributed by atoms with Gasteiger partial charge in [0.2, 0.25) is 0 Å². The molecule has 4 heteroatoms. The van der Waals surface area contributed by atoms with E-state index < -0.39 is 5.60 Å². The first-order valence-corrected chi connectivity index (χ1v) is 8.06. The molecule has 0 amide bonds. The minimum absolute atomic E-state index is 0.241. The Morgan fingerprint density at radius 1 is 1.35 bits per heavy atom. The van der Waals surface area contributed by atoms with E-state index in [2.05, 4.69) is 22.0 Å². The molecule has 1 aromatic heterocycles. The minimum Gasteiger partial charge on any atom is -0.389 e. The standard InChI is InChI=1S/C16H26N2O2/c1-2-20-15-11-16(19,12-15)10-13-8-9-18(17-13)14-6-4-3-5-7-14/h8-9,14-15,19H,2-7,10-12H2,1H3. The third-order valence-corrected chi connectivity index (χ3v) is 4.74. The highest BCUT2D eigenvalue weighted by Crippen LogP contribution is 2.37. The lowest BCUT2D eigenvalue weighted by Gasteiger charge is -2.42. The number of nitrogens with zero attached hydrogens (tertiary/aromatic N) is 2. The number of hydrogen-bond donors (Lipinski definition) is 1. The van der Waals surface area contributed by atoms with Gasteiger partial charge >= 0.3 is 0 Å². The zero-order valence-corrected chi connectivity index (χ0v) is 12.4. The Hall–Kier alpha value is -0.870. The van der Waals surface area contributed by atoms with Crippen molar-refractivity contribution < 1.29 is 9.84 Å². The summed E-state index contributed by atoms with van der Waals surface area (Å²) in [6, 6.07) is 2.64. The summed E-state index contributed by atoms with van der Waals surface area (Å²) in [6.07, 6.45) is 11.0. The maximum Gasteiger partial charge on any atom is 0.0753 e. The zero-order chi connectivity index (χ0) is 14.0. The summed E-state index contributed by atoms with van der Waals surface area (Å²) < 4.78 is 7.65. The van der Waals surface area contributed by atoms with Crippen molar-refractivity contribution in [1.29, 1.82) is 0 Å². The lowest BCUT2D eigenvalue weighted by Crippen LogP contribution is -2.50. The van der Waals surface area contributed by atoms with Crippen molar-refractivity contribution in [3.8, 4) is 0 Å². The van der Waals surface area contributed by atoms with Crippen molar-refractivity contribution in [3.63, 3.8) is 0 Å². The molecular formula is C16H26N2O2. The van der Waals surface area contributed by atoms with Gasteiger partial charge in [0.05, 0.1) is 23.4 Å². The molecule has 2 saturated carbocycles. The molecule has 0 atom stereocenters.